The summed E-state index contributed by atoms with van der Waals surface area (Å²) in [5.74, 6) is -1.17. The normalized spacial score (nSPS) is 19.1. The van der Waals surface area contributed by atoms with Crippen molar-refractivity contribution in [3.63, 3.8) is 0 Å². The molecule has 1 saturated heterocycles. The van der Waals surface area contributed by atoms with Crippen molar-refractivity contribution in [1.29, 1.82) is 0 Å². The van der Waals surface area contributed by atoms with E-state index in [4.69, 9.17) is 5.11 Å². The molecule has 1 heterocycles. The number of nitrogens with zero attached hydrogens (tertiary/aromatic N) is 1. The fraction of sp³-hybridized carbons (Fsp3) is 0.750. The lowest BCUT2D eigenvalue weighted by atomic mass is 10.0. The first-order chi connectivity index (χ1) is 8.76. The van der Waals surface area contributed by atoms with E-state index in [1.807, 2.05) is 0 Å². The van der Waals surface area contributed by atoms with Gasteiger partial charge in [-0.15, -0.1) is 0 Å². The Hall–Kier alpha value is -1.79. The number of rotatable bonds is 4. The van der Waals surface area contributed by atoms with Gasteiger partial charge in [0.15, 0.2) is 0 Å². The van der Waals surface area contributed by atoms with E-state index in [9.17, 15) is 14.4 Å². The molecule has 0 aromatic heterocycles. The lowest BCUT2D eigenvalue weighted by molar-refractivity contribution is -0.138. The number of hydrogen-bond acceptors (Lipinski definition) is 3. The molecule has 0 aromatic carbocycles. The molecule has 0 aromatic rings. The average molecular weight is 271 g/mol. The van der Waals surface area contributed by atoms with Gasteiger partial charge < -0.3 is 20.6 Å². The fourth-order valence-corrected chi connectivity index (χ4v) is 2.23. The van der Waals surface area contributed by atoms with Gasteiger partial charge in [-0.25, -0.2) is 4.79 Å². The molecular formula is C12H21N3O4. The van der Waals surface area contributed by atoms with Crippen LogP contribution in [0.15, 0.2) is 0 Å². The number of carboxylic acids is 1. The van der Waals surface area contributed by atoms with Crippen LogP contribution in [0, 0.1) is 0 Å². The fourth-order valence-electron chi connectivity index (χ4n) is 2.23. The van der Waals surface area contributed by atoms with Crippen molar-refractivity contribution in [3.05, 3.63) is 0 Å². The molecule has 1 aliphatic heterocycles. The molecule has 1 rings (SSSR count). The summed E-state index contributed by atoms with van der Waals surface area (Å²) in [5.41, 5.74) is -0.848. The predicted octanol–water partition coefficient (Wildman–Crippen LogP) is 0.160. The summed E-state index contributed by atoms with van der Waals surface area (Å²) in [6.07, 6.45) is 1.23. The maximum Gasteiger partial charge on any atom is 0.318 e. The molecule has 0 aliphatic carbocycles. The topological polar surface area (TPSA) is 98.7 Å². The first-order valence-electron chi connectivity index (χ1n) is 6.29. The molecule has 0 bridgehead atoms. The van der Waals surface area contributed by atoms with E-state index in [1.54, 1.807) is 13.8 Å². The van der Waals surface area contributed by atoms with E-state index in [-0.39, 0.29) is 12.3 Å². The van der Waals surface area contributed by atoms with Crippen LogP contribution in [0.3, 0.4) is 0 Å². The quantitative estimate of drug-likeness (QED) is 0.678. The monoisotopic (exact) mass is 271 g/mol. The SMILES string of the molecule is CNC(=O)C1CCCN1C(=O)NC(C)(C)CC(=O)O. The van der Waals surface area contributed by atoms with Crippen molar-refractivity contribution >= 4 is 17.9 Å². The highest BCUT2D eigenvalue weighted by molar-refractivity contribution is 5.87. The van der Waals surface area contributed by atoms with E-state index in [1.165, 1.54) is 11.9 Å². The minimum Gasteiger partial charge on any atom is -0.481 e. The molecule has 1 unspecified atom stereocenters. The first-order valence-corrected chi connectivity index (χ1v) is 6.29. The summed E-state index contributed by atoms with van der Waals surface area (Å²) in [5, 5.41) is 14.0. The van der Waals surface area contributed by atoms with Crippen molar-refractivity contribution in [2.24, 2.45) is 0 Å². The van der Waals surface area contributed by atoms with Crippen LogP contribution in [0.2, 0.25) is 0 Å². The maximum absolute atomic E-state index is 12.1. The van der Waals surface area contributed by atoms with Crippen LogP contribution >= 0.6 is 0 Å². The molecule has 7 heteroatoms. The van der Waals surface area contributed by atoms with Crippen molar-refractivity contribution in [3.8, 4) is 0 Å². The molecule has 1 atom stereocenters. The number of carboxylic acid groups (broad SMARTS) is 1. The first kappa shape index (κ1) is 15.3. The molecule has 0 spiro atoms. The Balaban J connectivity index is 2.67. The highest BCUT2D eigenvalue weighted by Gasteiger charge is 2.35. The Morgan fingerprint density at radius 3 is 2.53 bits per heavy atom. The third kappa shape index (κ3) is 4.11. The van der Waals surface area contributed by atoms with Gasteiger partial charge in [-0.3, -0.25) is 9.59 Å². The predicted molar refractivity (Wildman–Crippen MR) is 68.7 cm³/mol. The average Bonchev–Trinajstić information content (AvgIpc) is 2.74. The maximum atomic E-state index is 12.1. The Morgan fingerprint density at radius 2 is 2.00 bits per heavy atom. The number of aliphatic carboxylic acids is 1. The third-order valence-corrected chi connectivity index (χ3v) is 3.10. The Kier molecular flexibility index (Phi) is 4.74. The molecule has 0 radical (unpaired) electrons. The lowest BCUT2D eigenvalue weighted by Gasteiger charge is -2.30. The summed E-state index contributed by atoms with van der Waals surface area (Å²) >= 11 is 0. The second-order valence-corrected chi connectivity index (χ2v) is 5.35. The van der Waals surface area contributed by atoms with Gasteiger partial charge in [0.05, 0.1) is 6.42 Å². The van der Waals surface area contributed by atoms with Gasteiger partial charge in [0.25, 0.3) is 0 Å². The van der Waals surface area contributed by atoms with Crippen LogP contribution in [0.25, 0.3) is 0 Å². The van der Waals surface area contributed by atoms with Crippen molar-refractivity contribution < 1.29 is 19.5 Å². The van der Waals surface area contributed by atoms with Crippen LogP contribution in [-0.2, 0) is 9.59 Å². The minimum absolute atomic E-state index is 0.169. The smallest absolute Gasteiger partial charge is 0.318 e. The van der Waals surface area contributed by atoms with Crippen molar-refractivity contribution in [2.45, 2.75) is 44.7 Å². The molecule has 19 heavy (non-hydrogen) atoms. The van der Waals surface area contributed by atoms with E-state index >= 15 is 0 Å². The largest absolute Gasteiger partial charge is 0.481 e. The van der Waals surface area contributed by atoms with Gasteiger partial charge in [0.1, 0.15) is 6.04 Å². The standard InChI is InChI=1S/C12H21N3O4/c1-12(2,7-9(16)17)14-11(19)15-6-4-5-8(15)10(18)13-3/h8H,4-7H2,1-3H3,(H,13,18)(H,14,19)(H,16,17). The lowest BCUT2D eigenvalue weighted by Crippen LogP contribution is -2.54. The summed E-state index contributed by atoms with van der Waals surface area (Å²) in [7, 11) is 1.53. The van der Waals surface area contributed by atoms with Gasteiger partial charge in [-0.05, 0) is 26.7 Å². The second kappa shape index (κ2) is 5.90. The molecule has 1 aliphatic rings. The van der Waals surface area contributed by atoms with Gasteiger partial charge in [-0.1, -0.05) is 0 Å². The number of amides is 3. The van der Waals surface area contributed by atoms with Crippen molar-refractivity contribution in [2.75, 3.05) is 13.6 Å². The van der Waals surface area contributed by atoms with Crippen LogP contribution in [0.4, 0.5) is 4.79 Å². The molecular weight excluding hydrogens is 250 g/mol. The number of carbonyl (C=O) groups is 3. The van der Waals surface area contributed by atoms with E-state index in [0.717, 1.165) is 6.42 Å². The second-order valence-electron chi connectivity index (χ2n) is 5.35. The minimum atomic E-state index is -0.977. The molecule has 0 saturated carbocycles. The number of likely N-dealkylation sites (N-methyl/N-ethyl adjacent to an activating group) is 1. The Labute approximate surface area is 112 Å². The van der Waals surface area contributed by atoms with Gasteiger partial charge >= 0.3 is 12.0 Å². The summed E-state index contributed by atoms with van der Waals surface area (Å²) in [4.78, 5) is 35.9. The van der Waals surface area contributed by atoms with Crippen molar-refractivity contribution in [1.82, 2.24) is 15.5 Å². The number of hydrogen-bond donors (Lipinski definition) is 3. The highest BCUT2D eigenvalue weighted by atomic mass is 16.4. The summed E-state index contributed by atoms with van der Waals surface area (Å²) in [6, 6.07) is -0.858. The van der Waals surface area contributed by atoms with Crippen LogP contribution in [-0.4, -0.2) is 53.1 Å². The molecule has 1 fully saturated rings. The van der Waals surface area contributed by atoms with Crippen LogP contribution in [0.1, 0.15) is 33.1 Å². The highest BCUT2D eigenvalue weighted by Crippen LogP contribution is 2.19. The van der Waals surface area contributed by atoms with Gasteiger partial charge in [0.2, 0.25) is 5.91 Å². The number of urea groups is 1. The Morgan fingerprint density at radius 1 is 1.37 bits per heavy atom. The number of carbonyl (C=O) groups excluding carboxylic acids is 2. The zero-order valence-corrected chi connectivity index (χ0v) is 11.5. The summed E-state index contributed by atoms with van der Waals surface area (Å²) in [6.45, 7) is 3.79. The van der Waals surface area contributed by atoms with E-state index in [2.05, 4.69) is 10.6 Å². The van der Waals surface area contributed by atoms with Crippen LogP contribution < -0.4 is 10.6 Å². The summed E-state index contributed by atoms with van der Waals surface area (Å²) < 4.78 is 0. The Bertz CT molecular complexity index is 381. The molecule has 3 amide bonds. The van der Waals surface area contributed by atoms with E-state index < -0.39 is 23.6 Å². The number of likely N-dealkylation sites (tertiary alicyclic amines) is 1. The molecule has 7 nitrogen and oxygen atoms in total. The zero-order valence-electron chi connectivity index (χ0n) is 11.5. The van der Waals surface area contributed by atoms with Gasteiger partial charge in [0, 0.05) is 19.1 Å². The third-order valence-electron chi connectivity index (χ3n) is 3.10. The zero-order chi connectivity index (χ0) is 14.6. The molecule has 108 valence electrons. The van der Waals surface area contributed by atoms with Crippen LogP contribution in [0.5, 0.6) is 0 Å². The molecule has 3 N–H and O–H groups in total. The number of nitrogens with one attached hydrogen (secondary N) is 2. The van der Waals surface area contributed by atoms with Gasteiger partial charge in [-0.2, -0.15) is 0 Å². The van der Waals surface area contributed by atoms with E-state index in [0.29, 0.717) is 13.0 Å².